The Hall–Kier alpha value is -3.03. The number of benzene rings is 1. The number of amides is 1. The lowest BCUT2D eigenvalue weighted by Gasteiger charge is -2.12. The average molecular weight is 362 g/mol. The van der Waals surface area contributed by atoms with E-state index in [2.05, 4.69) is 10.5 Å². The normalized spacial score (nSPS) is 10.5. The van der Waals surface area contributed by atoms with E-state index >= 15 is 0 Å². The van der Waals surface area contributed by atoms with E-state index in [4.69, 9.17) is 18.7 Å². The summed E-state index contributed by atoms with van der Waals surface area (Å²) < 4.78 is 20.6. The largest absolute Gasteiger partial charge is 0.497 e. The van der Waals surface area contributed by atoms with Crippen LogP contribution in [0.2, 0.25) is 0 Å². The quantitative estimate of drug-likeness (QED) is 0.756. The molecule has 0 aliphatic heterocycles. The zero-order valence-electron chi connectivity index (χ0n) is 15.4. The number of methoxy groups -OCH3 is 2. The van der Waals surface area contributed by atoms with Gasteiger partial charge in [-0.3, -0.25) is 4.79 Å². The summed E-state index contributed by atoms with van der Waals surface area (Å²) in [5.74, 6) is 0.281. The molecule has 0 saturated heterocycles. The predicted octanol–water partition coefficient (Wildman–Crippen LogP) is 2.92. The molecule has 0 bridgehead atoms. The third-order valence-electron chi connectivity index (χ3n) is 3.63. The molecular formula is C18H22N2O6. The van der Waals surface area contributed by atoms with Gasteiger partial charge in [0.2, 0.25) is 0 Å². The highest BCUT2D eigenvalue weighted by molar-refractivity contribution is 5.97. The van der Waals surface area contributed by atoms with E-state index in [1.165, 1.54) is 14.2 Å². The van der Waals surface area contributed by atoms with E-state index in [9.17, 15) is 9.59 Å². The number of hydrogen-bond acceptors (Lipinski definition) is 7. The zero-order valence-corrected chi connectivity index (χ0v) is 15.4. The van der Waals surface area contributed by atoms with Crippen molar-refractivity contribution in [3.63, 3.8) is 0 Å². The van der Waals surface area contributed by atoms with Crippen LogP contribution in [0.1, 0.15) is 41.6 Å². The first-order chi connectivity index (χ1) is 12.4. The Bertz CT molecular complexity index is 797. The molecule has 8 heteroatoms. The van der Waals surface area contributed by atoms with Crippen LogP contribution in [0.15, 0.2) is 22.7 Å². The van der Waals surface area contributed by atoms with E-state index < -0.39 is 18.5 Å². The van der Waals surface area contributed by atoms with E-state index in [1.807, 2.05) is 13.8 Å². The molecular weight excluding hydrogens is 340 g/mol. The smallest absolute Gasteiger partial charge is 0.344 e. The highest BCUT2D eigenvalue weighted by Crippen LogP contribution is 2.29. The minimum atomic E-state index is -0.649. The van der Waals surface area contributed by atoms with Crippen molar-refractivity contribution >= 4 is 17.6 Å². The van der Waals surface area contributed by atoms with Crippen LogP contribution in [0.3, 0.4) is 0 Å². The first-order valence-electron chi connectivity index (χ1n) is 8.02. The summed E-state index contributed by atoms with van der Waals surface area (Å²) in [4.78, 5) is 24.4. The monoisotopic (exact) mass is 362 g/mol. The van der Waals surface area contributed by atoms with Crippen molar-refractivity contribution in [3.8, 4) is 11.5 Å². The van der Waals surface area contributed by atoms with Crippen molar-refractivity contribution in [2.24, 2.45) is 0 Å². The molecule has 0 aliphatic rings. The highest BCUT2D eigenvalue weighted by atomic mass is 16.5. The van der Waals surface area contributed by atoms with Gasteiger partial charge in [-0.15, -0.1) is 0 Å². The van der Waals surface area contributed by atoms with Crippen molar-refractivity contribution in [1.82, 2.24) is 5.16 Å². The van der Waals surface area contributed by atoms with Crippen molar-refractivity contribution in [3.05, 3.63) is 35.2 Å². The SMILES string of the molecule is COc1ccc(NC(=O)COC(=O)c2c(C)noc2C(C)C)c(OC)c1. The van der Waals surface area contributed by atoms with Crippen molar-refractivity contribution in [1.29, 1.82) is 0 Å². The van der Waals surface area contributed by atoms with Crippen LogP contribution < -0.4 is 14.8 Å². The molecule has 1 heterocycles. The number of aryl methyl sites for hydroxylation is 1. The van der Waals surface area contributed by atoms with Crippen molar-refractivity contribution in [2.75, 3.05) is 26.1 Å². The second-order valence-electron chi connectivity index (χ2n) is 5.85. The number of ether oxygens (including phenoxy) is 3. The van der Waals surface area contributed by atoms with E-state index in [1.54, 1.807) is 25.1 Å². The first-order valence-corrected chi connectivity index (χ1v) is 8.02. The maximum absolute atomic E-state index is 12.3. The lowest BCUT2D eigenvalue weighted by atomic mass is 10.1. The van der Waals surface area contributed by atoms with Crippen molar-refractivity contribution in [2.45, 2.75) is 26.7 Å². The molecule has 0 radical (unpaired) electrons. The van der Waals surface area contributed by atoms with Gasteiger partial charge in [0.1, 0.15) is 17.1 Å². The average Bonchev–Trinajstić information content (AvgIpc) is 3.02. The molecule has 1 N–H and O–H groups in total. The van der Waals surface area contributed by atoms with E-state index in [0.29, 0.717) is 28.6 Å². The number of aromatic nitrogens is 1. The van der Waals surface area contributed by atoms with Crippen LogP contribution in [0.4, 0.5) is 5.69 Å². The second kappa shape index (κ2) is 8.37. The van der Waals surface area contributed by atoms with Gasteiger partial charge in [0, 0.05) is 12.0 Å². The number of hydrogen-bond donors (Lipinski definition) is 1. The Morgan fingerprint density at radius 2 is 1.96 bits per heavy atom. The van der Waals surface area contributed by atoms with Gasteiger partial charge in [-0.1, -0.05) is 19.0 Å². The van der Waals surface area contributed by atoms with Gasteiger partial charge in [0.25, 0.3) is 5.91 Å². The molecule has 26 heavy (non-hydrogen) atoms. The first kappa shape index (κ1) is 19.3. The molecule has 8 nitrogen and oxygen atoms in total. The van der Waals surface area contributed by atoms with Crippen LogP contribution in [0.5, 0.6) is 11.5 Å². The number of rotatable bonds is 7. The minimum Gasteiger partial charge on any atom is -0.497 e. The molecule has 0 atom stereocenters. The summed E-state index contributed by atoms with van der Waals surface area (Å²) in [5.41, 5.74) is 1.13. The van der Waals surface area contributed by atoms with Crippen LogP contribution >= 0.6 is 0 Å². The Morgan fingerprint density at radius 1 is 1.23 bits per heavy atom. The Morgan fingerprint density at radius 3 is 2.58 bits per heavy atom. The van der Waals surface area contributed by atoms with Gasteiger partial charge in [0.15, 0.2) is 12.4 Å². The number of nitrogens with zero attached hydrogens (tertiary/aromatic N) is 1. The highest BCUT2D eigenvalue weighted by Gasteiger charge is 2.24. The van der Waals surface area contributed by atoms with Gasteiger partial charge >= 0.3 is 5.97 Å². The van der Waals surface area contributed by atoms with Gasteiger partial charge in [-0.25, -0.2) is 4.79 Å². The van der Waals surface area contributed by atoms with Crippen LogP contribution in [0, 0.1) is 6.92 Å². The fourth-order valence-electron chi connectivity index (χ4n) is 2.32. The molecule has 0 unspecified atom stereocenters. The maximum atomic E-state index is 12.3. The minimum absolute atomic E-state index is 0.0314. The van der Waals surface area contributed by atoms with Gasteiger partial charge in [0.05, 0.1) is 25.6 Å². The maximum Gasteiger partial charge on any atom is 0.344 e. The molecule has 1 aromatic carbocycles. The lowest BCUT2D eigenvalue weighted by molar-refractivity contribution is -0.119. The molecule has 0 spiro atoms. The third kappa shape index (κ3) is 4.33. The number of carbonyl (C=O) groups is 2. The predicted molar refractivity (Wildman–Crippen MR) is 93.8 cm³/mol. The summed E-state index contributed by atoms with van der Waals surface area (Å²) in [6.07, 6.45) is 0. The summed E-state index contributed by atoms with van der Waals surface area (Å²) in [6, 6.07) is 4.95. The molecule has 1 aromatic heterocycles. The summed E-state index contributed by atoms with van der Waals surface area (Å²) in [6.45, 7) is 4.95. The topological polar surface area (TPSA) is 99.9 Å². The molecule has 0 saturated carbocycles. The molecule has 0 fully saturated rings. The lowest BCUT2D eigenvalue weighted by Crippen LogP contribution is -2.22. The van der Waals surface area contributed by atoms with Crippen LogP contribution in [-0.2, 0) is 9.53 Å². The second-order valence-corrected chi connectivity index (χ2v) is 5.85. The molecule has 1 amide bonds. The number of nitrogens with one attached hydrogen (secondary N) is 1. The fourth-order valence-corrected chi connectivity index (χ4v) is 2.32. The van der Waals surface area contributed by atoms with E-state index in [0.717, 1.165) is 0 Å². The Kier molecular flexibility index (Phi) is 6.21. The third-order valence-corrected chi connectivity index (χ3v) is 3.63. The molecule has 140 valence electrons. The van der Waals surface area contributed by atoms with Crippen LogP contribution in [-0.4, -0.2) is 37.9 Å². The number of carbonyl (C=O) groups excluding carboxylic acids is 2. The molecule has 2 rings (SSSR count). The standard InChI is InChI=1S/C18H22N2O6/c1-10(2)17-16(11(3)20-26-17)18(22)25-9-15(21)19-13-7-6-12(23-4)8-14(13)24-5/h6-8,10H,9H2,1-5H3,(H,19,21). The number of anilines is 1. The molecule has 0 aliphatic carbocycles. The van der Waals surface area contributed by atoms with Crippen molar-refractivity contribution < 1.29 is 28.3 Å². The van der Waals surface area contributed by atoms with Gasteiger partial charge < -0.3 is 24.1 Å². The Labute approximate surface area is 151 Å². The Balaban J connectivity index is 2.01. The van der Waals surface area contributed by atoms with Gasteiger partial charge in [-0.2, -0.15) is 0 Å². The summed E-state index contributed by atoms with van der Waals surface area (Å²) in [5, 5.41) is 6.42. The summed E-state index contributed by atoms with van der Waals surface area (Å²) in [7, 11) is 3.01. The number of esters is 1. The zero-order chi connectivity index (χ0) is 19.3. The molecule has 2 aromatic rings. The fraction of sp³-hybridized carbons (Fsp3) is 0.389. The summed E-state index contributed by atoms with van der Waals surface area (Å²) >= 11 is 0. The van der Waals surface area contributed by atoms with Gasteiger partial charge in [-0.05, 0) is 19.1 Å². The van der Waals surface area contributed by atoms with E-state index in [-0.39, 0.29) is 11.5 Å². The van der Waals surface area contributed by atoms with Crippen LogP contribution in [0.25, 0.3) is 0 Å².